The number of aromatic amines is 1. The molecule has 5 rings (SSSR count). The van der Waals surface area contributed by atoms with E-state index in [0.717, 1.165) is 85.5 Å². The number of aryl methyl sites for hydroxylation is 1. The molecule has 1 atom stereocenters. The number of amides is 2. The van der Waals surface area contributed by atoms with Crippen molar-refractivity contribution in [1.29, 1.82) is 0 Å². The maximum Gasteiger partial charge on any atom is 0.274 e. The molecule has 10 heteroatoms. The normalized spacial score (nSPS) is 14.3. The van der Waals surface area contributed by atoms with E-state index >= 15 is 0 Å². The van der Waals surface area contributed by atoms with Crippen molar-refractivity contribution < 1.29 is 14.3 Å². The molecule has 246 valence electrons. The second kappa shape index (κ2) is 19.2. The highest BCUT2D eigenvalue weighted by Gasteiger charge is 2.21. The molecule has 3 aromatic heterocycles. The van der Waals surface area contributed by atoms with Gasteiger partial charge in [0.25, 0.3) is 5.91 Å². The van der Waals surface area contributed by atoms with Gasteiger partial charge in [-0.25, -0.2) is 9.97 Å². The Labute approximate surface area is 273 Å². The smallest absolute Gasteiger partial charge is 0.274 e. The zero-order chi connectivity index (χ0) is 33.3. The molecular formula is C36H49N7O3. The van der Waals surface area contributed by atoms with Crippen molar-refractivity contribution in [3.63, 3.8) is 0 Å². The summed E-state index contributed by atoms with van der Waals surface area (Å²) in [6, 6.07) is 13.5. The zero-order valence-electron chi connectivity index (χ0n) is 27.9. The van der Waals surface area contributed by atoms with Crippen molar-refractivity contribution in [3.05, 3.63) is 84.6 Å². The molecule has 10 nitrogen and oxygen atoms in total. The highest BCUT2D eigenvalue weighted by Crippen LogP contribution is 2.25. The van der Waals surface area contributed by atoms with Gasteiger partial charge in [0.2, 0.25) is 5.91 Å². The molecule has 1 unspecified atom stereocenters. The van der Waals surface area contributed by atoms with Crippen LogP contribution in [0.4, 0.5) is 5.69 Å². The number of nitrogens with zero attached hydrogens (tertiary/aromatic N) is 4. The predicted molar refractivity (Wildman–Crippen MR) is 186 cm³/mol. The lowest BCUT2D eigenvalue weighted by Crippen LogP contribution is -2.46. The van der Waals surface area contributed by atoms with Crippen LogP contribution in [-0.4, -0.2) is 69.0 Å². The topological polar surface area (TPSA) is 125 Å². The largest absolute Gasteiger partial charge is 0.381 e. The first-order valence-electron chi connectivity index (χ1n) is 16.3. The summed E-state index contributed by atoms with van der Waals surface area (Å²) in [6.45, 7) is 18.0. The first kappa shape index (κ1) is 36.1. The summed E-state index contributed by atoms with van der Waals surface area (Å²) in [5.41, 5.74) is 5.70. The van der Waals surface area contributed by atoms with Crippen LogP contribution in [0, 0.1) is 6.92 Å². The van der Waals surface area contributed by atoms with Gasteiger partial charge in [0.1, 0.15) is 17.7 Å². The Morgan fingerprint density at radius 2 is 1.80 bits per heavy atom. The zero-order valence-corrected chi connectivity index (χ0v) is 27.9. The van der Waals surface area contributed by atoms with Crippen molar-refractivity contribution in [2.75, 3.05) is 31.6 Å². The highest BCUT2D eigenvalue weighted by atomic mass is 16.5. The van der Waals surface area contributed by atoms with E-state index < -0.39 is 0 Å². The minimum Gasteiger partial charge on any atom is -0.381 e. The van der Waals surface area contributed by atoms with Gasteiger partial charge in [0.05, 0.1) is 5.69 Å². The number of pyridine rings is 1. The lowest BCUT2D eigenvalue weighted by Gasteiger charge is -2.33. The van der Waals surface area contributed by atoms with Gasteiger partial charge in [0.15, 0.2) is 0 Å². The Morgan fingerprint density at radius 3 is 2.48 bits per heavy atom. The molecule has 0 bridgehead atoms. The van der Waals surface area contributed by atoms with E-state index in [0.29, 0.717) is 17.9 Å². The van der Waals surface area contributed by atoms with Crippen LogP contribution < -0.4 is 10.6 Å². The number of benzene rings is 1. The summed E-state index contributed by atoms with van der Waals surface area (Å²) in [6.07, 6.45) is 8.74. The van der Waals surface area contributed by atoms with Crippen LogP contribution in [-0.2, 0) is 16.1 Å². The van der Waals surface area contributed by atoms with Crippen LogP contribution in [0.5, 0.6) is 0 Å². The summed E-state index contributed by atoms with van der Waals surface area (Å²) in [5, 5.41) is 6.90. The number of likely N-dealkylation sites (tertiary alicyclic amines) is 1. The van der Waals surface area contributed by atoms with Gasteiger partial charge in [-0.2, -0.15) is 0 Å². The van der Waals surface area contributed by atoms with Crippen molar-refractivity contribution in [2.45, 2.75) is 72.9 Å². The van der Waals surface area contributed by atoms with Crippen molar-refractivity contribution in [3.8, 4) is 11.3 Å². The quantitative estimate of drug-likeness (QED) is 0.125. The average Bonchev–Trinajstić information content (AvgIpc) is 3.53. The number of hydrogen-bond donors (Lipinski definition) is 3. The first-order chi connectivity index (χ1) is 22.4. The van der Waals surface area contributed by atoms with Crippen molar-refractivity contribution in [1.82, 2.24) is 30.2 Å². The maximum absolute atomic E-state index is 12.9. The number of ether oxygens (including phenoxy) is 1. The summed E-state index contributed by atoms with van der Waals surface area (Å²) >= 11 is 0. The van der Waals surface area contributed by atoms with E-state index in [1.54, 1.807) is 12.5 Å². The fraction of sp³-hybridized carbons (Fsp3) is 0.417. The molecule has 4 heterocycles. The van der Waals surface area contributed by atoms with Gasteiger partial charge in [-0.1, -0.05) is 46.4 Å². The molecule has 4 aromatic rings. The van der Waals surface area contributed by atoms with Gasteiger partial charge in [0, 0.05) is 55.3 Å². The second-order valence-corrected chi connectivity index (χ2v) is 10.9. The minimum absolute atomic E-state index is 0.105. The van der Waals surface area contributed by atoms with E-state index in [2.05, 4.69) is 55.9 Å². The molecule has 0 spiro atoms. The third-order valence-electron chi connectivity index (χ3n) is 7.28. The van der Waals surface area contributed by atoms with Crippen LogP contribution in [0.2, 0.25) is 0 Å². The monoisotopic (exact) mass is 627 g/mol. The number of rotatable bonds is 11. The summed E-state index contributed by atoms with van der Waals surface area (Å²) in [7, 11) is 0. The number of carbonyl (C=O) groups is 2. The molecule has 1 fully saturated rings. The van der Waals surface area contributed by atoms with Crippen LogP contribution >= 0.6 is 0 Å². The fourth-order valence-electron chi connectivity index (χ4n) is 5.07. The van der Waals surface area contributed by atoms with Gasteiger partial charge >= 0.3 is 0 Å². The molecule has 1 aliphatic heterocycles. The van der Waals surface area contributed by atoms with Gasteiger partial charge < -0.3 is 20.4 Å². The molecule has 1 aromatic carbocycles. The molecular weight excluding hydrogens is 578 g/mol. The summed E-state index contributed by atoms with van der Waals surface area (Å²) in [5.74, 6) is -0.408. The fourth-order valence-corrected chi connectivity index (χ4v) is 5.07. The third-order valence-corrected chi connectivity index (χ3v) is 7.28. The van der Waals surface area contributed by atoms with Gasteiger partial charge in [-0.05, 0) is 86.7 Å². The first-order valence-corrected chi connectivity index (χ1v) is 16.3. The van der Waals surface area contributed by atoms with Crippen LogP contribution in [0.15, 0.2) is 67.6 Å². The molecule has 1 saturated heterocycles. The van der Waals surface area contributed by atoms with Crippen molar-refractivity contribution in [2.24, 2.45) is 0 Å². The number of hydrogen-bond acceptors (Lipinski definition) is 7. The highest BCUT2D eigenvalue weighted by molar-refractivity contribution is 6.03. The van der Waals surface area contributed by atoms with Crippen LogP contribution in [0.3, 0.4) is 0 Å². The Kier molecular flexibility index (Phi) is 15.0. The average molecular weight is 628 g/mol. The van der Waals surface area contributed by atoms with E-state index in [-0.39, 0.29) is 17.9 Å². The SMILES string of the molecule is C=CC(=O)NC1CCCN(Cc2ccnc(C(=O)Nc3ccc(-c4cc5c(C)ncnc5[nH]4)cc3)c2)C1.CC.CCCOCCC. The molecule has 0 aliphatic carbocycles. The Morgan fingerprint density at radius 1 is 1.07 bits per heavy atom. The summed E-state index contributed by atoms with van der Waals surface area (Å²) in [4.78, 5) is 43.0. The van der Waals surface area contributed by atoms with Gasteiger partial charge in [-0.15, -0.1) is 0 Å². The van der Waals surface area contributed by atoms with E-state index in [4.69, 9.17) is 4.74 Å². The van der Waals surface area contributed by atoms with Crippen LogP contribution in [0.25, 0.3) is 22.3 Å². The molecule has 0 saturated carbocycles. The molecule has 46 heavy (non-hydrogen) atoms. The van der Waals surface area contributed by atoms with E-state index in [9.17, 15) is 9.59 Å². The standard InChI is InChI=1S/C28H29N7O2.C6H14O.C2H6/c1-3-26(36)32-22-5-4-12-35(16-22)15-19-10-11-29-25(13-19)28(37)33-21-8-6-20(7-9-21)24-14-23-18(2)30-17-31-27(23)34-24;1-3-5-7-6-4-2;1-2/h3,6-11,13-14,17,22H,1,4-5,12,15-16H2,2H3,(H,32,36)(H,33,37)(H,30,31,34);3-6H2,1-2H3;1-2H3. The lowest BCUT2D eigenvalue weighted by atomic mass is 10.0. The molecule has 0 radical (unpaired) electrons. The second-order valence-electron chi connectivity index (χ2n) is 10.9. The van der Waals surface area contributed by atoms with Crippen LogP contribution in [0.1, 0.15) is 75.1 Å². The lowest BCUT2D eigenvalue weighted by molar-refractivity contribution is -0.117. The molecule has 3 N–H and O–H groups in total. The summed E-state index contributed by atoms with van der Waals surface area (Å²) < 4.78 is 5.13. The molecule has 2 amide bonds. The Bertz CT molecular complexity index is 1530. The number of H-pyrrole nitrogens is 1. The van der Waals surface area contributed by atoms with Crippen molar-refractivity contribution >= 4 is 28.5 Å². The number of anilines is 1. The molecule has 1 aliphatic rings. The van der Waals surface area contributed by atoms with E-state index in [1.165, 1.54) is 6.08 Å². The van der Waals surface area contributed by atoms with E-state index in [1.807, 2.05) is 63.2 Å². The predicted octanol–water partition coefficient (Wildman–Crippen LogP) is 6.70. The maximum atomic E-state index is 12.9. The number of aromatic nitrogens is 4. The number of carbonyl (C=O) groups excluding carboxylic acids is 2. The van der Waals surface area contributed by atoms with Gasteiger partial charge in [-0.3, -0.25) is 19.5 Å². The Balaban J connectivity index is 0.000000568. The third kappa shape index (κ3) is 10.9. The minimum atomic E-state index is -0.263. The number of piperidine rings is 1. The number of fused-ring (bicyclic) bond motifs is 1. The number of nitrogens with one attached hydrogen (secondary N) is 3. The Hall–Kier alpha value is -4.41.